The van der Waals surface area contributed by atoms with Crippen LogP contribution in [0.2, 0.25) is 0 Å². The molecule has 2 aromatic carbocycles. The number of ether oxygens (including phenoxy) is 1. The van der Waals surface area contributed by atoms with Gasteiger partial charge in [0.1, 0.15) is 16.7 Å². The highest BCUT2D eigenvalue weighted by Crippen LogP contribution is 2.39. The van der Waals surface area contributed by atoms with Gasteiger partial charge in [0.2, 0.25) is 11.8 Å². The number of aromatic hydroxyl groups is 1. The minimum atomic E-state index is -0.206. The first-order chi connectivity index (χ1) is 13.7. The summed E-state index contributed by atoms with van der Waals surface area (Å²) in [6, 6.07) is 14.9. The van der Waals surface area contributed by atoms with Crippen LogP contribution < -0.4 is 10.1 Å². The minimum absolute atomic E-state index is 0.206. The van der Waals surface area contributed by atoms with E-state index < -0.39 is 0 Å². The normalized spacial score (nSPS) is 12.1. The molecular formula is C21H25N3O3S. The largest absolute Gasteiger partial charge is 0.508 e. The number of para-hydroxylation sites is 1. The smallest absolute Gasteiger partial charge is 0.247 e. The number of phenolic OH excluding ortho intramolecular Hbond substituents is 1. The van der Waals surface area contributed by atoms with Gasteiger partial charge < -0.3 is 19.6 Å². The van der Waals surface area contributed by atoms with Crippen LogP contribution in [0.1, 0.15) is 30.0 Å². The van der Waals surface area contributed by atoms with Crippen molar-refractivity contribution in [3.8, 4) is 23.0 Å². The van der Waals surface area contributed by atoms with Crippen molar-refractivity contribution in [3.63, 3.8) is 0 Å². The van der Waals surface area contributed by atoms with Crippen LogP contribution in [0.4, 0.5) is 0 Å². The number of nitrogens with one attached hydrogen (secondary N) is 1. The maximum absolute atomic E-state index is 10.2. The van der Waals surface area contributed by atoms with Gasteiger partial charge in [0.05, 0.1) is 6.61 Å². The summed E-state index contributed by atoms with van der Waals surface area (Å²) in [5.41, 5.74) is 1.61. The average molecular weight is 400 g/mol. The Balaban J connectivity index is 1.74. The molecule has 28 heavy (non-hydrogen) atoms. The molecule has 1 atom stereocenters. The molecule has 0 radical (unpaired) electrons. The predicted octanol–water partition coefficient (Wildman–Crippen LogP) is 4.27. The van der Waals surface area contributed by atoms with Gasteiger partial charge in [-0.1, -0.05) is 25.1 Å². The quantitative estimate of drug-likeness (QED) is 0.493. The number of nitrogens with zero attached hydrogens (tertiary/aromatic N) is 2. The Morgan fingerprint density at radius 2 is 1.93 bits per heavy atom. The SMILES string of the molecule is CCSC(c1nnc(-c2ccc(OCCCNC)cc2)o1)c1ccccc1O. The van der Waals surface area contributed by atoms with Gasteiger partial charge in [-0.3, -0.25) is 0 Å². The number of phenols is 1. The highest BCUT2D eigenvalue weighted by Gasteiger charge is 2.23. The van der Waals surface area contributed by atoms with Crippen LogP contribution in [-0.2, 0) is 0 Å². The van der Waals surface area contributed by atoms with E-state index in [1.807, 2.05) is 43.4 Å². The van der Waals surface area contributed by atoms with Gasteiger partial charge >= 0.3 is 0 Å². The molecule has 0 aliphatic rings. The fourth-order valence-corrected chi connectivity index (χ4v) is 3.71. The van der Waals surface area contributed by atoms with Gasteiger partial charge in [0, 0.05) is 11.1 Å². The molecule has 0 fully saturated rings. The Hall–Kier alpha value is -2.51. The molecule has 2 N–H and O–H groups in total. The Kier molecular flexibility index (Phi) is 7.33. The lowest BCUT2D eigenvalue weighted by Crippen LogP contribution is -2.11. The predicted molar refractivity (Wildman–Crippen MR) is 112 cm³/mol. The molecule has 0 saturated heterocycles. The average Bonchev–Trinajstić information content (AvgIpc) is 3.20. The maximum Gasteiger partial charge on any atom is 0.247 e. The second kappa shape index (κ2) is 10.1. The molecule has 0 bridgehead atoms. The third kappa shape index (κ3) is 5.05. The number of thioether (sulfide) groups is 1. The van der Waals surface area contributed by atoms with E-state index in [9.17, 15) is 5.11 Å². The van der Waals surface area contributed by atoms with E-state index >= 15 is 0 Å². The summed E-state index contributed by atoms with van der Waals surface area (Å²) in [6.07, 6.45) is 0.952. The van der Waals surface area contributed by atoms with Crippen molar-refractivity contribution >= 4 is 11.8 Å². The Morgan fingerprint density at radius 3 is 2.64 bits per heavy atom. The lowest BCUT2D eigenvalue weighted by molar-refractivity contribution is 0.310. The van der Waals surface area contributed by atoms with Gasteiger partial charge in [-0.2, -0.15) is 0 Å². The zero-order chi connectivity index (χ0) is 19.8. The topological polar surface area (TPSA) is 80.4 Å². The zero-order valence-corrected chi connectivity index (χ0v) is 16.9. The first-order valence-corrected chi connectivity index (χ1v) is 10.4. The van der Waals surface area contributed by atoms with Crippen molar-refractivity contribution in [2.45, 2.75) is 18.6 Å². The summed E-state index contributed by atoms with van der Waals surface area (Å²) in [5.74, 6) is 2.84. The second-order valence-corrected chi connectivity index (χ2v) is 7.55. The molecule has 0 aliphatic carbocycles. The lowest BCUT2D eigenvalue weighted by Gasteiger charge is -2.13. The van der Waals surface area contributed by atoms with Gasteiger partial charge in [-0.15, -0.1) is 22.0 Å². The minimum Gasteiger partial charge on any atom is -0.508 e. The molecule has 148 valence electrons. The van der Waals surface area contributed by atoms with E-state index in [-0.39, 0.29) is 11.0 Å². The van der Waals surface area contributed by atoms with Crippen LogP contribution in [0.25, 0.3) is 11.5 Å². The Morgan fingerprint density at radius 1 is 1.14 bits per heavy atom. The number of benzene rings is 2. The van der Waals surface area contributed by atoms with Crippen LogP contribution >= 0.6 is 11.8 Å². The van der Waals surface area contributed by atoms with Crippen LogP contribution in [0.15, 0.2) is 52.9 Å². The molecular weight excluding hydrogens is 374 g/mol. The van der Waals surface area contributed by atoms with E-state index in [2.05, 4.69) is 22.4 Å². The van der Waals surface area contributed by atoms with Crippen LogP contribution in [0.5, 0.6) is 11.5 Å². The molecule has 7 heteroatoms. The molecule has 3 aromatic rings. The van der Waals surface area contributed by atoms with Crippen molar-refractivity contribution in [2.24, 2.45) is 0 Å². The molecule has 1 unspecified atom stereocenters. The fraction of sp³-hybridized carbons (Fsp3) is 0.333. The molecule has 3 rings (SSSR count). The van der Waals surface area contributed by atoms with Crippen molar-refractivity contribution in [2.75, 3.05) is 26.0 Å². The van der Waals surface area contributed by atoms with E-state index in [4.69, 9.17) is 9.15 Å². The van der Waals surface area contributed by atoms with Crippen molar-refractivity contribution in [1.82, 2.24) is 15.5 Å². The second-order valence-electron chi connectivity index (χ2n) is 6.17. The summed E-state index contributed by atoms with van der Waals surface area (Å²) in [4.78, 5) is 0. The molecule has 1 aromatic heterocycles. The van der Waals surface area contributed by atoms with Crippen LogP contribution in [-0.4, -0.2) is 41.3 Å². The Labute approximate surface area is 169 Å². The molecule has 0 spiro atoms. The van der Waals surface area contributed by atoms with Crippen molar-refractivity contribution in [3.05, 3.63) is 60.0 Å². The summed E-state index contributed by atoms with van der Waals surface area (Å²) in [6.45, 7) is 3.66. The van der Waals surface area contributed by atoms with E-state index in [0.29, 0.717) is 18.4 Å². The number of hydrogen-bond acceptors (Lipinski definition) is 7. The number of aromatic nitrogens is 2. The molecule has 0 saturated carbocycles. The number of rotatable bonds is 10. The standard InChI is InChI=1S/C21H25N3O3S/c1-3-28-19(17-7-4-5-8-18(17)25)21-24-23-20(27-21)15-9-11-16(12-10-15)26-14-6-13-22-2/h4-5,7-12,19,22,25H,3,6,13-14H2,1-2H3. The highest BCUT2D eigenvalue weighted by atomic mass is 32.2. The zero-order valence-electron chi connectivity index (χ0n) is 16.1. The van der Waals surface area contributed by atoms with Crippen LogP contribution in [0, 0.1) is 0 Å². The molecule has 0 aliphatic heterocycles. The summed E-state index contributed by atoms with van der Waals surface area (Å²) >= 11 is 1.64. The van der Waals surface area contributed by atoms with E-state index in [1.165, 1.54) is 0 Å². The summed E-state index contributed by atoms with van der Waals surface area (Å²) in [5, 5.41) is 21.5. The third-order valence-electron chi connectivity index (χ3n) is 4.16. The van der Waals surface area contributed by atoms with Gasteiger partial charge in [-0.25, -0.2) is 0 Å². The highest BCUT2D eigenvalue weighted by molar-refractivity contribution is 7.99. The van der Waals surface area contributed by atoms with Crippen molar-refractivity contribution in [1.29, 1.82) is 0 Å². The summed E-state index contributed by atoms with van der Waals surface area (Å²) < 4.78 is 11.7. The van der Waals surface area contributed by atoms with Crippen molar-refractivity contribution < 1.29 is 14.3 Å². The van der Waals surface area contributed by atoms with Crippen LogP contribution in [0.3, 0.4) is 0 Å². The Bertz CT molecular complexity index is 867. The first kappa shape index (κ1) is 20.2. The fourth-order valence-electron chi connectivity index (χ4n) is 2.76. The summed E-state index contributed by atoms with van der Waals surface area (Å²) in [7, 11) is 1.93. The van der Waals surface area contributed by atoms with E-state index in [0.717, 1.165) is 35.6 Å². The molecule has 6 nitrogen and oxygen atoms in total. The van der Waals surface area contributed by atoms with Gasteiger partial charge in [0.15, 0.2) is 0 Å². The number of hydrogen-bond donors (Lipinski definition) is 2. The van der Waals surface area contributed by atoms with E-state index in [1.54, 1.807) is 23.9 Å². The van der Waals surface area contributed by atoms with Gasteiger partial charge in [0.25, 0.3) is 0 Å². The lowest BCUT2D eigenvalue weighted by atomic mass is 10.1. The molecule has 1 heterocycles. The monoisotopic (exact) mass is 399 g/mol. The van der Waals surface area contributed by atoms with Gasteiger partial charge in [-0.05, 0) is 56.1 Å². The third-order valence-corrected chi connectivity index (χ3v) is 5.28. The molecule has 0 amide bonds. The maximum atomic E-state index is 10.2. The first-order valence-electron chi connectivity index (χ1n) is 9.33.